The van der Waals surface area contributed by atoms with Crippen molar-refractivity contribution in [2.45, 2.75) is 51.2 Å². The topological polar surface area (TPSA) is 14.2 Å². The average molecular weight is 446 g/mol. The monoisotopic (exact) mass is 445 g/mol. The summed E-state index contributed by atoms with van der Waals surface area (Å²) in [6, 6.07) is 35.5. The van der Waals surface area contributed by atoms with Gasteiger partial charge in [-0.2, -0.15) is 0 Å². The highest BCUT2D eigenvalue weighted by Gasteiger charge is 2.27. The van der Waals surface area contributed by atoms with Gasteiger partial charge < -0.3 is 9.30 Å². The van der Waals surface area contributed by atoms with E-state index in [1.165, 1.54) is 38.5 Å². The van der Waals surface area contributed by atoms with Crippen molar-refractivity contribution in [1.29, 1.82) is 0 Å². The number of fused-ring (bicyclic) bond motifs is 4. The van der Waals surface area contributed by atoms with Gasteiger partial charge in [0.05, 0.1) is 0 Å². The number of rotatable bonds is 7. The molecule has 4 aromatic carbocycles. The van der Waals surface area contributed by atoms with Gasteiger partial charge in [-0.3, -0.25) is 0 Å². The average Bonchev–Trinajstić information content (AvgIpc) is 3.21. The van der Waals surface area contributed by atoms with Crippen LogP contribution >= 0.6 is 0 Å². The third-order valence-electron chi connectivity index (χ3n) is 7.61. The van der Waals surface area contributed by atoms with E-state index in [1.807, 2.05) is 0 Å². The van der Waals surface area contributed by atoms with E-state index in [2.05, 4.69) is 115 Å². The summed E-state index contributed by atoms with van der Waals surface area (Å²) in [7, 11) is 0. The molecule has 0 bridgehead atoms. The molecule has 0 fully saturated rings. The third kappa shape index (κ3) is 3.58. The summed E-state index contributed by atoms with van der Waals surface area (Å²) in [4.78, 5) is 0. The Labute approximate surface area is 201 Å². The van der Waals surface area contributed by atoms with Crippen LogP contribution < -0.4 is 4.74 Å². The van der Waals surface area contributed by atoms with Crippen molar-refractivity contribution in [3.8, 4) is 5.75 Å². The molecule has 0 spiro atoms. The Morgan fingerprint density at radius 3 is 2.06 bits per heavy atom. The Kier molecular flexibility index (Phi) is 5.37. The fourth-order valence-corrected chi connectivity index (χ4v) is 5.78. The Morgan fingerprint density at radius 2 is 1.41 bits per heavy atom. The Hall–Kier alpha value is -3.52. The molecule has 0 aliphatic heterocycles. The predicted octanol–water partition coefficient (Wildman–Crippen LogP) is 8.62. The van der Waals surface area contributed by atoms with Crippen LogP contribution in [0.15, 0.2) is 97.1 Å². The second-order valence-electron chi connectivity index (χ2n) is 9.67. The molecule has 0 amide bonds. The number of aromatic nitrogens is 1. The van der Waals surface area contributed by atoms with E-state index in [0.717, 1.165) is 25.0 Å². The van der Waals surface area contributed by atoms with Crippen molar-refractivity contribution in [2.75, 3.05) is 0 Å². The molecule has 2 heteroatoms. The number of hydrogen-bond acceptors (Lipinski definition) is 1. The summed E-state index contributed by atoms with van der Waals surface area (Å²) in [5.74, 6) is 1.47. The molecule has 0 radical (unpaired) electrons. The zero-order valence-corrected chi connectivity index (χ0v) is 19.9. The molecule has 3 unspecified atom stereocenters. The lowest BCUT2D eigenvalue weighted by Gasteiger charge is -2.30. The molecule has 3 atom stereocenters. The van der Waals surface area contributed by atoms with Crippen LogP contribution in [0.2, 0.25) is 0 Å². The predicted molar refractivity (Wildman–Crippen MR) is 142 cm³/mol. The highest BCUT2D eigenvalue weighted by Crippen LogP contribution is 2.39. The summed E-state index contributed by atoms with van der Waals surface area (Å²) in [6.45, 7) is 4.67. The minimum Gasteiger partial charge on any atom is -0.485 e. The van der Waals surface area contributed by atoms with E-state index in [0.29, 0.717) is 12.0 Å². The smallest absolute Gasteiger partial charge is 0.128 e. The van der Waals surface area contributed by atoms with Gasteiger partial charge in [0, 0.05) is 34.3 Å². The summed E-state index contributed by atoms with van der Waals surface area (Å²) in [5.41, 5.74) is 6.80. The summed E-state index contributed by atoms with van der Waals surface area (Å²) in [6.07, 6.45) is 3.43. The van der Waals surface area contributed by atoms with Crippen LogP contribution in [0, 0.1) is 0 Å². The molecule has 34 heavy (non-hydrogen) atoms. The van der Waals surface area contributed by atoms with Gasteiger partial charge >= 0.3 is 0 Å². The molecule has 0 saturated carbocycles. The summed E-state index contributed by atoms with van der Waals surface area (Å²) in [5, 5.41) is 2.69. The van der Waals surface area contributed by atoms with E-state index >= 15 is 0 Å². The van der Waals surface area contributed by atoms with Gasteiger partial charge in [-0.25, -0.2) is 0 Å². The lowest BCUT2D eigenvalue weighted by atomic mass is 9.85. The third-order valence-corrected chi connectivity index (χ3v) is 7.61. The van der Waals surface area contributed by atoms with Crippen molar-refractivity contribution in [3.63, 3.8) is 0 Å². The Morgan fingerprint density at radius 1 is 0.794 bits per heavy atom. The molecule has 1 heterocycles. The minimum atomic E-state index is 0.194. The SMILES string of the molecule is CCC(CC(C)n1c2ccccc2c2ccccc21)c1ccc(OC2Cc3ccccc32)cc1. The number of hydrogen-bond donors (Lipinski definition) is 0. The number of nitrogens with zero attached hydrogens (tertiary/aromatic N) is 1. The van der Waals surface area contributed by atoms with Crippen molar-refractivity contribution < 1.29 is 4.74 Å². The maximum Gasteiger partial charge on any atom is 0.128 e. The molecular formula is C32H31NO. The van der Waals surface area contributed by atoms with E-state index in [-0.39, 0.29) is 6.10 Å². The fraction of sp³-hybridized carbons (Fsp3) is 0.250. The molecule has 2 nitrogen and oxygen atoms in total. The van der Waals surface area contributed by atoms with E-state index in [1.54, 1.807) is 0 Å². The first-order valence-electron chi connectivity index (χ1n) is 12.5. The molecular weight excluding hydrogens is 414 g/mol. The van der Waals surface area contributed by atoms with Gasteiger partial charge in [0.2, 0.25) is 0 Å². The molecule has 0 saturated heterocycles. The van der Waals surface area contributed by atoms with Crippen molar-refractivity contribution >= 4 is 21.8 Å². The molecule has 6 rings (SSSR count). The van der Waals surface area contributed by atoms with E-state index < -0.39 is 0 Å². The molecule has 1 aliphatic carbocycles. The van der Waals surface area contributed by atoms with E-state index in [9.17, 15) is 0 Å². The van der Waals surface area contributed by atoms with Crippen LogP contribution in [-0.4, -0.2) is 4.57 Å². The zero-order valence-electron chi connectivity index (χ0n) is 19.9. The Bertz CT molecular complexity index is 1390. The van der Waals surface area contributed by atoms with Gasteiger partial charge in [-0.15, -0.1) is 0 Å². The second-order valence-corrected chi connectivity index (χ2v) is 9.67. The normalized spacial score (nSPS) is 16.7. The van der Waals surface area contributed by atoms with Crippen LogP contribution in [0.4, 0.5) is 0 Å². The molecule has 1 aromatic heterocycles. The van der Waals surface area contributed by atoms with Crippen molar-refractivity contribution in [3.05, 3.63) is 114 Å². The molecule has 1 aliphatic rings. The molecule has 170 valence electrons. The van der Waals surface area contributed by atoms with Crippen LogP contribution in [-0.2, 0) is 6.42 Å². The lowest BCUT2D eigenvalue weighted by Crippen LogP contribution is -2.22. The van der Waals surface area contributed by atoms with Gasteiger partial charge in [0.15, 0.2) is 0 Å². The van der Waals surface area contributed by atoms with Crippen molar-refractivity contribution in [1.82, 2.24) is 4.57 Å². The Balaban J connectivity index is 1.22. The fourth-order valence-electron chi connectivity index (χ4n) is 5.78. The van der Waals surface area contributed by atoms with Gasteiger partial charge in [-0.05, 0) is 66.6 Å². The largest absolute Gasteiger partial charge is 0.485 e. The van der Waals surface area contributed by atoms with Gasteiger partial charge in [0.1, 0.15) is 11.9 Å². The lowest BCUT2D eigenvalue weighted by molar-refractivity contribution is 0.181. The number of para-hydroxylation sites is 2. The minimum absolute atomic E-state index is 0.194. The standard InChI is InChI=1S/C32H31NO/c1-3-23(24-16-18-26(19-17-24)34-32-21-25-10-4-5-11-27(25)32)20-22(2)33-30-14-8-6-12-28(30)29-13-7-9-15-31(29)33/h4-19,22-23,32H,3,20-21H2,1-2H3. The number of ether oxygens (including phenoxy) is 1. The van der Waals surface area contributed by atoms with Gasteiger partial charge in [0.25, 0.3) is 0 Å². The van der Waals surface area contributed by atoms with Gasteiger partial charge in [-0.1, -0.05) is 79.7 Å². The quantitative estimate of drug-likeness (QED) is 0.244. The van der Waals surface area contributed by atoms with Crippen LogP contribution in [0.5, 0.6) is 5.75 Å². The highest BCUT2D eigenvalue weighted by atomic mass is 16.5. The van der Waals surface area contributed by atoms with Crippen molar-refractivity contribution in [2.24, 2.45) is 0 Å². The van der Waals surface area contributed by atoms with E-state index in [4.69, 9.17) is 4.74 Å². The highest BCUT2D eigenvalue weighted by molar-refractivity contribution is 6.08. The maximum absolute atomic E-state index is 6.28. The first-order chi connectivity index (χ1) is 16.7. The van der Waals surface area contributed by atoms with Crippen LogP contribution in [0.1, 0.15) is 61.4 Å². The number of benzene rings is 4. The maximum atomic E-state index is 6.28. The summed E-state index contributed by atoms with van der Waals surface area (Å²) < 4.78 is 8.82. The second kappa shape index (κ2) is 8.68. The zero-order chi connectivity index (χ0) is 23.1. The first-order valence-corrected chi connectivity index (χ1v) is 12.5. The van der Waals surface area contributed by atoms with Crippen LogP contribution in [0.25, 0.3) is 21.8 Å². The van der Waals surface area contributed by atoms with Crippen LogP contribution in [0.3, 0.4) is 0 Å². The summed E-state index contributed by atoms with van der Waals surface area (Å²) >= 11 is 0. The first kappa shape index (κ1) is 21.0. The molecule has 5 aromatic rings. The molecule has 0 N–H and O–H groups in total.